The average molecular weight is 419 g/mol. The number of likely N-dealkylation sites (tertiary alicyclic amines) is 1. The van der Waals surface area contributed by atoms with Gasteiger partial charge in [-0.25, -0.2) is 0 Å². The quantitative estimate of drug-likeness (QED) is 0.380. The van der Waals surface area contributed by atoms with E-state index >= 15 is 0 Å². The van der Waals surface area contributed by atoms with Gasteiger partial charge in [-0.15, -0.1) is 0 Å². The van der Waals surface area contributed by atoms with Gasteiger partial charge in [-0.1, -0.05) is 6.07 Å². The van der Waals surface area contributed by atoms with Crippen molar-refractivity contribution in [3.05, 3.63) is 33.9 Å². The zero-order chi connectivity index (χ0) is 21.5. The van der Waals surface area contributed by atoms with Crippen molar-refractivity contribution in [1.82, 2.24) is 4.90 Å². The number of hydrogen-bond donors (Lipinski definition) is 0. The van der Waals surface area contributed by atoms with Crippen molar-refractivity contribution in [2.45, 2.75) is 32.6 Å². The molecule has 0 aliphatic carbocycles. The first-order valence-electron chi connectivity index (χ1n) is 10.6. The number of ether oxygens (including phenoxy) is 2. The Hall–Kier alpha value is -2.68. The third kappa shape index (κ3) is 5.27. The standard InChI is InChI=1S/C21H29N3O6/c1-2-30-19(25)9-8-16-5-4-10-23(15-16)21(26)17-6-3-7-18(24(27)28)20(17)22-11-13-29-14-12-22/h3,6-7,16H,2,4-5,8-15H2,1H3. The summed E-state index contributed by atoms with van der Waals surface area (Å²) in [5.41, 5.74) is 0.681. The van der Waals surface area contributed by atoms with Crippen molar-refractivity contribution in [3.63, 3.8) is 0 Å². The number of para-hydroxylation sites is 1. The SMILES string of the molecule is CCOC(=O)CCC1CCCN(C(=O)c2cccc([N+](=O)[O-])c2N2CCOCC2)C1. The Morgan fingerprint density at radius 2 is 2.03 bits per heavy atom. The van der Waals surface area contributed by atoms with E-state index in [2.05, 4.69) is 0 Å². The van der Waals surface area contributed by atoms with E-state index in [4.69, 9.17) is 9.47 Å². The van der Waals surface area contributed by atoms with Crippen molar-refractivity contribution in [1.29, 1.82) is 0 Å². The van der Waals surface area contributed by atoms with Crippen LogP contribution in [0.25, 0.3) is 0 Å². The predicted molar refractivity (Wildman–Crippen MR) is 111 cm³/mol. The molecule has 2 saturated heterocycles. The van der Waals surface area contributed by atoms with Gasteiger partial charge in [-0.3, -0.25) is 19.7 Å². The van der Waals surface area contributed by atoms with E-state index in [-0.39, 0.29) is 23.5 Å². The number of nitrogens with zero attached hydrogens (tertiary/aromatic N) is 3. The zero-order valence-corrected chi connectivity index (χ0v) is 17.4. The van der Waals surface area contributed by atoms with E-state index in [1.54, 1.807) is 24.0 Å². The van der Waals surface area contributed by atoms with Crippen LogP contribution in [0.2, 0.25) is 0 Å². The molecule has 1 unspecified atom stereocenters. The molecule has 2 fully saturated rings. The summed E-state index contributed by atoms with van der Waals surface area (Å²) in [5, 5.41) is 11.6. The molecule has 2 aliphatic rings. The highest BCUT2D eigenvalue weighted by atomic mass is 16.6. The van der Waals surface area contributed by atoms with Gasteiger partial charge in [0.1, 0.15) is 5.69 Å². The number of nitro benzene ring substituents is 1. The fourth-order valence-corrected chi connectivity index (χ4v) is 4.18. The molecule has 0 saturated carbocycles. The number of carbonyl (C=O) groups excluding carboxylic acids is 2. The second-order valence-corrected chi connectivity index (χ2v) is 7.63. The summed E-state index contributed by atoms with van der Waals surface area (Å²) in [6.45, 7) is 5.26. The first-order valence-corrected chi connectivity index (χ1v) is 10.6. The van der Waals surface area contributed by atoms with Gasteiger partial charge in [-0.2, -0.15) is 0 Å². The molecule has 0 spiro atoms. The number of benzene rings is 1. The first-order chi connectivity index (χ1) is 14.5. The van der Waals surface area contributed by atoms with Crippen LogP contribution in [0.4, 0.5) is 11.4 Å². The molecular weight excluding hydrogens is 390 g/mol. The number of amides is 1. The molecule has 1 amide bonds. The zero-order valence-electron chi connectivity index (χ0n) is 17.4. The minimum Gasteiger partial charge on any atom is -0.466 e. The Bertz CT molecular complexity index is 778. The highest BCUT2D eigenvalue weighted by Gasteiger charge is 2.31. The number of morpholine rings is 1. The maximum atomic E-state index is 13.4. The van der Waals surface area contributed by atoms with Crippen LogP contribution in [0.1, 0.15) is 43.0 Å². The number of piperidine rings is 1. The topological polar surface area (TPSA) is 102 Å². The van der Waals surface area contributed by atoms with Gasteiger partial charge in [0.2, 0.25) is 0 Å². The number of esters is 1. The molecule has 9 nitrogen and oxygen atoms in total. The summed E-state index contributed by atoms with van der Waals surface area (Å²) in [7, 11) is 0. The molecule has 30 heavy (non-hydrogen) atoms. The van der Waals surface area contributed by atoms with Crippen LogP contribution >= 0.6 is 0 Å². The van der Waals surface area contributed by atoms with Crippen molar-refractivity contribution in [3.8, 4) is 0 Å². The van der Waals surface area contributed by atoms with Crippen molar-refractivity contribution < 1.29 is 24.0 Å². The van der Waals surface area contributed by atoms with Crippen LogP contribution < -0.4 is 4.90 Å². The molecule has 2 heterocycles. The van der Waals surface area contributed by atoms with Crippen LogP contribution in [-0.2, 0) is 14.3 Å². The number of nitro groups is 1. The Labute approximate surface area is 176 Å². The normalized spacial score (nSPS) is 19.4. The summed E-state index contributed by atoms with van der Waals surface area (Å²) < 4.78 is 10.4. The van der Waals surface area contributed by atoms with Gasteiger partial charge in [0.25, 0.3) is 11.6 Å². The minimum absolute atomic E-state index is 0.0568. The Kier molecular flexibility index (Phi) is 7.62. The van der Waals surface area contributed by atoms with Gasteiger partial charge >= 0.3 is 5.97 Å². The van der Waals surface area contributed by atoms with Gasteiger partial charge in [0.15, 0.2) is 0 Å². The number of anilines is 1. The third-order valence-electron chi connectivity index (χ3n) is 5.64. The molecule has 1 aromatic rings. The monoisotopic (exact) mass is 419 g/mol. The smallest absolute Gasteiger partial charge is 0.305 e. The van der Waals surface area contributed by atoms with E-state index in [9.17, 15) is 19.7 Å². The molecule has 0 aromatic heterocycles. The Balaban J connectivity index is 1.77. The molecule has 1 atom stereocenters. The summed E-state index contributed by atoms with van der Waals surface area (Å²) in [6.07, 6.45) is 2.82. The van der Waals surface area contributed by atoms with E-state index < -0.39 is 4.92 Å². The number of hydrogen-bond acceptors (Lipinski definition) is 7. The van der Waals surface area contributed by atoms with Crippen LogP contribution in [0.15, 0.2) is 18.2 Å². The molecule has 0 bridgehead atoms. The highest BCUT2D eigenvalue weighted by molar-refractivity contribution is 6.02. The van der Waals surface area contributed by atoms with E-state index in [0.29, 0.717) is 70.1 Å². The summed E-state index contributed by atoms with van der Waals surface area (Å²) in [4.78, 5) is 39.9. The maximum Gasteiger partial charge on any atom is 0.305 e. The first kappa shape index (κ1) is 22.0. The summed E-state index contributed by atoms with van der Waals surface area (Å²) in [5.74, 6) is -0.187. The van der Waals surface area contributed by atoms with Crippen LogP contribution in [0, 0.1) is 16.0 Å². The van der Waals surface area contributed by atoms with Crippen molar-refractivity contribution in [2.75, 3.05) is 50.9 Å². The molecule has 164 valence electrons. The lowest BCUT2D eigenvalue weighted by Crippen LogP contribution is -2.42. The van der Waals surface area contributed by atoms with Crippen LogP contribution in [-0.4, -0.2) is 67.7 Å². The fourth-order valence-electron chi connectivity index (χ4n) is 4.18. The van der Waals surface area contributed by atoms with E-state index in [1.807, 2.05) is 4.90 Å². The minimum atomic E-state index is -0.431. The fraction of sp³-hybridized carbons (Fsp3) is 0.619. The van der Waals surface area contributed by atoms with E-state index in [1.165, 1.54) is 6.07 Å². The lowest BCUT2D eigenvalue weighted by molar-refractivity contribution is -0.384. The van der Waals surface area contributed by atoms with Crippen molar-refractivity contribution in [2.24, 2.45) is 5.92 Å². The Morgan fingerprint density at radius 1 is 1.27 bits per heavy atom. The maximum absolute atomic E-state index is 13.4. The predicted octanol–water partition coefficient (Wildman–Crippen LogP) is 2.63. The molecule has 2 aliphatic heterocycles. The molecular formula is C21H29N3O6. The lowest BCUT2D eigenvalue weighted by atomic mass is 9.92. The largest absolute Gasteiger partial charge is 0.466 e. The second-order valence-electron chi connectivity index (χ2n) is 7.63. The van der Waals surface area contributed by atoms with Gasteiger partial charge in [-0.05, 0) is 38.2 Å². The second kappa shape index (κ2) is 10.4. The summed E-state index contributed by atoms with van der Waals surface area (Å²) >= 11 is 0. The van der Waals surface area contributed by atoms with Crippen LogP contribution in [0.5, 0.6) is 0 Å². The highest BCUT2D eigenvalue weighted by Crippen LogP contribution is 2.34. The molecule has 0 radical (unpaired) electrons. The molecule has 3 rings (SSSR count). The number of carbonyl (C=O) groups is 2. The molecule has 1 aromatic carbocycles. The van der Waals surface area contributed by atoms with Crippen molar-refractivity contribution >= 4 is 23.3 Å². The van der Waals surface area contributed by atoms with Gasteiger partial charge in [0, 0.05) is 38.7 Å². The average Bonchev–Trinajstić information content (AvgIpc) is 2.77. The molecule has 0 N–H and O–H groups in total. The van der Waals surface area contributed by atoms with Gasteiger partial charge in [0.05, 0.1) is 30.3 Å². The Morgan fingerprint density at radius 3 is 2.73 bits per heavy atom. The summed E-state index contributed by atoms with van der Waals surface area (Å²) in [6, 6.07) is 4.68. The number of rotatable bonds is 7. The van der Waals surface area contributed by atoms with E-state index in [0.717, 1.165) is 12.8 Å². The molecule has 9 heteroatoms. The lowest BCUT2D eigenvalue weighted by Gasteiger charge is -2.35. The third-order valence-corrected chi connectivity index (χ3v) is 5.64. The van der Waals surface area contributed by atoms with Gasteiger partial charge < -0.3 is 19.3 Å². The van der Waals surface area contributed by atoms with Crippen LogP contribution in [0.3, 0.4) is 0 Å².